The van der Waals surface area contributed by atoms with Gasteiger partial charge in [0.2, 0.25) is 0 Å². The highest BCUT2D eigenvalue weighted by molar-refractivity contribution is 5.53. The van der Waals surface area contributed by atoms with Crippen LogP contribution in [0.1, 0.15) is 24.5 Å². The van der Waals surface area contributed by atoms with Crippen molar-refractivity contribution in [3.05, 3.63) is 23.3 Å². The van der Waals surface area contributed by atoms with Gasteiger partial charge in [0.05, 0.1) is 19.8 Å². The molecule has 0 amide bonds. The number of nitrogens with two attached hydrogens (primary N) is 1. The minimum atomic E-state index is 0.324. The summed E-state index contributed by atoms with van der Waals surface area (Å²) in [5.41, 5.74) is 8.98. The molecule has 0 radical (unpaired) electrons. The maximum Gasteiger partial charge on any atom is 0.189 e. The SMILES string of the molecule is CCC1COCCN1Cc1cc(N)cc2c1OCOC2. The van der Waals surface area contributed by atoms with Gasteiger partial charge in [0.15, 0.2) is 6.79 Å². The van der Waals surface area contributed by atoms with Gasteiger partial charge in [-0.05, 0) is 18.6 Å². The molecule has 2 aliphatic heterocycles. The molecule has 1 aromatic carbocycles. The fraction of sp³-hybridized carbons (Fsp3) is 0.600. The van der Waals surface area contributed by atoms with Crippen molar-refractivity contribution in [1.29, 1.82) is 0 Å². The van der Waals surface area contributed by atoms with E-state index in [1.807, 2.05) is 12.1 Å². The zero-order valence-corrected chi connectivity index (χ0v) is 11.9. The van der Waals surface area contributed by atoms with Crippen LogP contribution in [0.2, 0.25) is 0 Å². The fourth-order valence-corrected chi connectivity index (χ4v) is 2.94. The van der Waals surface area contributed by atoms with Crippen LogP contribution in [0.25, 0.3) is 0 Å². The first-order valence-electron chi connectivity index (χ1n) is 7.21. The van der Waals surface area contributed by atoms with E-state index in [9.17, 15) is 0 Å². The molecular weight excluding hydrogens is 256 g/mol. The molecule has 3 rings (SSSR count). The van der Waals surface area contributed by atoms with Crippen LogP contribution in [0.5, 0.6) is 5.75 Å². The van der Waals surface area contributed by atoms with Crippen LogP contribution in [0.4, 0.5) is 5.69 Å². The minimum Gasteiger partial charge on any atom is -0.467 e. The molecule has 0 aromatic heterocycles. The van der Waals surface area contributed by atoms with Crippen LogP contribution in [-0.2, 0) is 22.6 Å². The Labute approximate surface area is 119 Å². The standard InChI is InChI=1S/C15H22N2O3/c1-2-14-9-18-4-3-17(14)7-11-5-13(16)6-12-8-19-10-20-15(11)12/h5-6,14H,2-4,7-10,16H2,1H3. The summed E-state index contributed by atoms with van der Waals surface area (Å²) in [6.07, 6.45) is 1.09. The van der Waals surface area contributed by atoms with Crippen LogP contribution in [0.3, 0.4) is 0 Å². The number of rotatable bonds is 3. The molecule has 0 bridgehead atoms. The number of hydrogen-bond acceptors (Lipinski definition) is 5. The molecule has 20 heavy (non-hydrogen) atoms. The number of anilines is 1. The summed E-state index contributed by atoms with van der Waals surface area (Å²) in [5.74, 6) is 0.951. The first-order valence-corrected chi connectivity index (χ1v) is 7.21. The Morgan fingerprint density at radius 1 is 1.35 bits per heavy atom. The molecule has 2 heterocycles. The highest BCUT2D eigenvalue weighted by atomic mass is 16.7. The van der Waals surface area contributed by atoms with Gasteiger partial charge in [0.25, 0.3) is 0 Å². The van der Waals surface area contributed by atoms with E-state index in [1.54, 1.807) is 0 Å². The van der Waals surface area contributed by atoms with E-state index in [4.69, 9.17) is 19.9 Å². The molecule has 1 unspecified atom stereocenters. The predicted octanol–water partition coefficient (Wildman–Crippen LogP) is 1.75. The maximum absolute atomic E-state index is 6.00. The molecule has 1 saturated heterocycles. The van der Waals surface area contributed by atoms with Crippen LogP contribution in [0, 0.1) is 0 Å². The second-order valence-corrected chi connectivity index (χ2v) is 5.39. The van der Waals surface area contributed by atoms with Crippen molar-refractivity contribution in [2.75, 3.05) is 32.3 Å². The molecule has 110 valence electrons. The van der Waals surface area contributed by atoms with Gasteiger partial charge in [-0.25, -0.2) is 0 Å². The zero-order chi connectivity index (χ0) is 13.9. The summed E-state index contributed by atoms with van der Waals surface area (Å²) in [7, 11) is 0. The Morgan fingerprint density at radius 2 is 2.25 bits per heavy atom. The number of benzene rings is 1. The Balaban J connectivity index is 1.84. The zero-order valence-electron chi connectivity index (χ0n) is 11.9. The Bertz CT molecular complexity index is 478. The second kappa shape index (κ2) is 5.99. The molecule has 5 nitrogen and oxygen atoms in total. The monoisotopic (exact) mass is 278 g/mol. The predicted molar refractivity (Wildman–Crippen MR) is 76.4 cm³/mol. The van der Waals surface area contributed by atoms with E-state index in [-0.39, 0.29) is 0 Å². The summed E-state index contributed by atoms with van der Waals surface area (Å²) < 4.78 is 16.6. The number of morpholine rings is 1. The van der Waals surface area contributed by atoms with Gasteiger partial charge < -0.3 is 19.9 Å². The van der Waals surface area contributed by atoms with Crippen molar-refractivity contribution in [1.82, 2.24) is 4.90 Å². The lowest BCUT2D eigenvalue weighted by Crippen LogP contribution is -2.44. The Kier molecular flexibility index (Phi) is 4.10. The molecule has 2 aliphatic rings. The molecule has 1 atom stereocenters. The van der Waals surface area contributed by atoms with Gasteiger partial charge >= 0.3 is 0 Å². The first-order chi connectivity index (χ1) is 9.78. The van der Waals surface area contributed by atoms with Gasteiger partial charge in [-0.2, -0.15) is 0 Å². The van der Waals surface area contributed by atoms with Gasteiger partial charge in [-0.15, -0.1) is 0 Å². The molecule has 0 spiro atoms. The van der Waals surface area contributed by atoms with Gasteiger partial charge in [0.1, 0.15) is 5.75 Å². The molecule has 0 saturated carbocycles. The van der Waals surface area contributed by atoms with Crippen LogP contribution >= 0.6 is 0 Å². The largest absolute Gasteiger partial charge is 0.467 e. The quantitative estimate of drug-likeness (QED) is 0.854. The molecule has 1 aromatic rings. The number of fused-ring (bicyclic) bond motifs is 1. The summed E-state index contributed by atoms with van der Waals surface area (Å²) in [6.45, 7) is 6.52. The Hall–Kier alpha value is -1.30. The van der Waals surface area contributed by atoms with Crippen molar-refractivity contribution in [2.45, 2.75) is 32.5 Å². The third-order valence-electron chi connectivity index (χ3n) is 4.00. The topological polar surface area (TPSA) is 57.0 Å². The van der Waals surface area contributed by atoms with Crippen molar-refractivity contribution in [2.24, 2.45) is 0 Å². The number of nitrogen functional groups attached to an aromatic ring is 1. The molecule has 2 N–H and O–H groups in total. The summed E-state index contributed by atoms with van der Waals surface area (Å²) >= 11 is 0. The van der Waals surface area contributed by atoms with E-state index < -0.39 is 0 Å². The van der Waals surface area contributed by atoms with Crippen molar-refractivity contribution in [3.63, 3.8) is 0 Å². The third-order valence-corrected chi connectivity index (χ3v) is 4.00. The fourth-order valence-electron chi connectivity index (χ4n) is 2.94. The van der Waals surface area contributed by atoms with Crippen LogP contribution < -0.4 is 10.5 Å². The van der Waals surface area contributed by atoms with E-state index in [0.717, 1.165) is 55.3 Å². The number of ether oxygens (including phenoxy) is 3. The minimum absolute atomic E-state index is 0.324. The van der Waals surface area contributed by atoms with Crippen LogP contribution in [-0.4, -0.2) is 37.5 Å². The molecular formula is C15H22N2O3. The van der Waals surface area contributed by atoms with E-state index in [2.05, 4.69) is 11.8 Å². The average Bonchev–Trinajstić information content (AvgIpc) is 2.47. The lowest BCUT2D eigenvalue weighted by molar-refractivity contribution is -0.0231. The maximum atomic E-state index is 6.00. The summed E-state index contributed by atoms with van der Waals surface area (Å²) in [4.78, 5) is 2.46. The molecule has 1 fully saturated rings. The average molecular weight is 278 g/mol. The third kappa shape index (κ3) is 2.75. The second-order valence-electron chi connectivity index (χ2n) is 5.39. The normalized spacial score (nSPS) is 23.1. The van der Waals surface area contributed by atoms with Crippen LogP contribution in [0.15, 0.2) is 12.1 Å². The number of hydrogen-bond donors (Lipinski definition) is 1. The lowest BCUT2D eigenvalue weighted by atomic mass is 10.0. The van der Waals surface area contributed by atoms with E-state index in [0.29, 0.717) is 19.4 Å². The Morgan fingerprint density at radius 3 is 3.10 bits per heavy atom. The van der Waals surface area contributed by atoms with Gasteiger partial charge in [0, 0.05) is 35.9 Å². The lowest BCUT2D eigenvalue weighted by Gasteiger charge is -2.35. The molecule has 0 aliphatic carbocycles. The smallest absolute Gasteiger partial charge is 0.189 e. The van der Waals surface area contributed by atoms with Crippen molar-refractivity contribution in [3.8, 4) is 5.75 Å². The highest BCUT2D eigenvalue weighted by Gasteiger charge is 2.24. The molecule has 5 heteroatoms. The first kappa shape index (κ1) is 13.7. The van der Waals surface area contributed by atoms with Gasteiger partial charge in [-0.3, -0.25) is 4.90 Å². The van der Waals surface area contributed by atoms with Crippen molar-refractivity contribution < 1.29 is 14.2 Å². The van der Waals surface area contributed by atoms with E-state index in [1.165, 1.54) is 0 Å². The van der Waals surface area contributed by atoms with Gasteiger partial charge in [-0.1, -0.05) is 6.92 Å². The van der Waals surface area contributed by atoms with Crippen molar-refractivity contribution >= 4 is 5.69 Å². The highest BCUT2D eigenvalue weighted by Crippen LogP contribution is 2.32. The van der Waals surface area contributed by atoms with E-state index >= 15 is 0 Å². The summed E-state index contributed by atoms with van der Waals surface area (Å²) in [6, 6.07) is 4.43. The summed E-state index contributed by atoms with van der Waals surface area (Å²) in [5, 5.41) is 0. The number of nitrogens with zero attached hydrogens (tertiary/aromatic N) is 1.